The highest BCUT2D eigenvalue weighted by molar-refractivity contribution is 5.79. The maximum atomic E-state index is 12.9. The van der Waals surface area contributed by atoms with Gasteiger partial charge in [-0.15, -0.1) is 0 Å². The van der Waals surface area contributed by atoms with Crippen molar-refractivity contribution in [3.63, 3.8) is 0 Å². The first kappa shape index (κ1) is 14.6. The molecule has 1 saturated heterocycles. The van der Waals surface area contributed by atoms with Gasteiger partial charge in [-0.3, -0.25) is 4.79 Å². The van der Waals surface area contributed by atoms with Gasteiger partial charge in [0.2, 0.25) is 5.91 Å². The predicted octanol–water partition coefficient (Wildman–Crippen LogP) is 2.48. The molecule has 0 unspecified atom stereocenters. The van der Waals surface area contributed by atoms with Gasteiger partial charge >= 0.3 is 0 Å². The van der Waals surface area contributed by atoms with E-state index in [-0.39, 0.29) is 17.6 Å². The third kappa shape index (κ3) is 3.30. The summed E-state index contributed by atoms with van der Waals surface area (Å²) in [6.45, 7) is 3.32. The number of amides is 1. The highest BCUT2D eigenvalue weighted by Gasteiger charge is 2.28. The number of likely N-dealkylation sites (tertiary alicyclic amines) is 1. The van der Waals surface area contributed by atoms with Crippen LogP contribution in [-0.2, 0) is 11.2 Å². The quantitative estimate of drug-likeness (QED) is 0.874. The van der Waals surface area contributed by atoms with E-state index in [1.165, 1.54) is 12.1 Å². The normalized spacial score (nSPS) is 17.7. The van der Waals surface area contributed by atoms with Gasteiger partial charge < -0.3 is 4.90 Å². The first-order valence-corrected chi connectivity index (χ1v) is 7.43. The number of aromatic nitrogens is 2. The van der Waals surface area contributed by atoms with Crippen molar-refractivity contribution < 1.29 is 9.18 Å². The summed E-state index contributed by atoms with van der Waals surface area (Å²) >= 11 is 0. The molecule has 114 valence electrons. The topological polar surface area (TPSA) is 46.1 Å². The summed E-state index contributed by atoms with van der Waals surface area (Å²) in [5.74, 6) is 0.810. The van der Waals surface area contributed by atoms with Gasteiger partial charge in [-0.25, -0.2) is 14.4 Å². The molecular formula is C17H18FN3O. The lowest BCUT2D eigenvalue weighted by Gasteiger charge is -2.16. The van der Waals surface area contributed by atoms with Gasteiger partial charge in [0.15, 0.2) is 0 Å². The Morgan fingerprint density at radius 3 is 2.82 bits per heavy atom. The smallest absolute Gasteiger partial charge is 0.227 e. The fourth-order valence-corrected chi connectivity index (χ4v) is 2.75. The Morgan fingerprint density at radius 1 is 1.32 bits per heavy atom. The first-order valence-electron chi connectivity index (χ1n) is 7.43. The molecule has 3 rings (SSSR count). The third-order valence-electron chi connectivity index (χ3n) is 3.99. The number of hydrogen-bond acceptors (Lipinski definition) is 3. The molecule has 0 bridgehead atoms. The van der Waals surface area contributed by atoms with Crippen LogP contribution in [0.5, 0.6) is 0 Å². The third-order valence-corrected chi connectivity index (χ3v) is 3.99. The second kappa shape index (κ2) is 6.22. The molecule has 22 heavy (non-hydrogen) atoms. The molecule has 1 amide bonds. The summed E-state index contributed by atoms with van der Waals surface area (Å²) in [5, 5.41) is 0. The van der Waals surface area contributed by atoms with Gasteiger partial charge in [0.05, 0.1) is 6.42 Å². The Morgan fingerprint density at radius 2 is 2.09 bits per heavy atom. The summed E-state index contributed by atoms with van der Waals surface area (Å²) < 4.78 is 12.9. The zero-order chi connectivity index (χ0) is 15.5. The lowest BCUT2D eigenvalue weighted by atomic mass is 10.1. The number of benzene rings is 1. The van der Waals surface area contributed by atoms with Crippen LogP contribution in [0.15, 0.2) is 36.5 Å². The molecule has 1 aromatic carbocycles. The summed E-state index contributed by atoms with van der Waals surface area (Å²) in [5.41, 5.74) is 1.78. The van der Waals surface area contributed by atoms with Gasteiger partial charge in [-0.1, -0.05) is 12.1 Å². The fourth-order valence-electron chi connectivity index (χ4n) is 2.75. The van der Waals surface area contributed by atoms with E-state index >= 15 is 0 Å². The molecule has 1 aliphatic heterocycles. The van der Waals surface area contributed by atoms with Crippen molar-refractivity contribution in [1.82, 2.24) is 14.9 Å². The largest absolute Gasteiger partial charge is 0.342 e. The Balaban J connectivity index is 1.62. The number of rotatable bonds is 3. The number of aryl methyl sites for hydroxylation is 1. The maximum absolute atomic E-state index is 12.9. The van der Waals surface area contributed by atoms with Gasteiger partial charge in [0, 0.05) is 30.9 Å². The van der Waals surface area contributed by atoms with Gasteiger partial charge in [0.25, 0.3) is 0 Å². The molecule has 0 N–H and O–H groups in total. The lowest BCUT2D eigenvalue weighted by molar-refractivity contribution is -0.129. The van der Waals surface area contributed by atoms with Crippen LogP contribution < -0.4 is 0 Å². The van der Waals surface area contributed by atoms with Crippen LogP contribution >= 0.6 is 0 Å². The molecule has 1 atom stereocenters. The molecule has 2 aromatic rings. The van der Waals surface area contributed by atoms with E-state index in [4.69, 9.17) is 0 Å². The van der Waals surface area contributed by atoms with Crippen LogP contribution in [-0.4, -0.2) is 33.9 Å². The monoisotopic (exact) mass is 299 g/mol. The molecule has 2 heterocycles. The molecule has 1 aromatic heterocycles. The molecule has 0 spiro atoms. The number of hydrogen-bond donors (Lipinski definition) is 0. The Labute approximate surface area is 129 Å². The standard InChI is InChI=1S/C17H18FN3O/c1-12-6-8-19-17(20-12)14-7-9-21(11-14)16(22)10-13-2-4-15(18)5-3-13/h2-6,8,14H,7,9-11H2,1H3/t14-/m0/s1. The fraction of sp³-hybridized carbons (Fsp3) is 0.353. The number of carbonyl (C=O) groups excluding carboxylic acids is 1. The summed E-state index contributed by atoms with van der Waals surface area (Å²) in [7, 11) is 0. The number of halogens is 1. The van der Waals surface area contributed by atoms with E-state index in [0.717, 1.165) is 30.0 Å². The highest BCUT2D eigenvalue weighted by Crippen LogP contribution is 2.25. The molecule has 5 heteroatoms. The van der Waals surface area contributed by atoms with Crippen molar-refractivity contribution in [2.24, 2.45) is 0 Å². The van der Waals surface area contributed by atoms with E-state index < -0.39 is 0 Å². The number of carbonyl (C=O) groups is 1. The van der Waals surface area contributed by atoms with Crippen LogP contribution in [0.2, 0.25) is 0 Å². The highest BCUT2D eigenvalue weighted by atomic mass is 19.1. The Kier molecular flexibility index (Phi) is 4.13. The second-order valence-electron chi connectivity index (χ2n) is 5.68. The molecule has 4 nitrogen and oxygen atoms in total. The minimum atomic E-state index is -0.283. The van der Waals surface area contributed by atoms with E-state index in [1.54, 1.807) is 18.3 Å². The minimum absolute atomic E-state index is 0.0711. The second-order valence-corrected chi connectivity index (χ2v) is 5.68. The Hall–Kier alpha value is -2.30. The van der Waals surface area contributed by atoms with Gasteiger partial charge in [-0.2, -0.15) is 0 Å². The van der Waals surface area contributed by atoms with Crippen molar-refractivity contribution in [2.75, 3.05) is 13.1 Å². The number of nitrogens with zero attached hydrogens (tertiary/aromatic N) is 3. The van der Waals surface area contributed by atoms with E-state index in [1.807, 2.05) is 17.9 Å². The molecule has 0 radical (unpaired) electrons. The van der Waals surface area contributed by atoms with Crippen molar-refractivity contribution in [2.45, 2.75) is 25.7 Å². The van der Waals surface area contributed by atoms with Crippen LogP contribution in [0, 0.1) is 12.7 Å². The van der Waals surface area contributed by atoms with E-state index in [9.17, 15) is 9.18 Å². The zero-order valence-electron chi connectivity index (χ0n) is 12.5. The van der Waals surface area contributed by atoms with Crippen molar-refractivity contribution >= 4 is 5.91 Å². The molecule has 0 aliphatic carbocycles. The van der Waals surface area contributed by atoms with E-state index in [2.05, 4.69) is 9.97 Å². The first-order chi connectivity index (χ1) is 10.6. The van der Waals surface area contributed by atoms with Gasteiger partial charge in [0.1, 0.15) is 11.6 Å². The van der Waals surface area contributed by atoms with Crippen molar-refractivity contribution in [3.05, 3.63) is 59.4 Å². The average molecular weight is 299 g/mol. The summed E-state index contributed by atoms with van der Waals surface area (Å²) in [6.07, 6.45) is 2.96. The SMILES string of the molecule is Cc1ccnc([C@H]2CCN(C(=O)Cc3ccc(F)cc3)C2)n1. The van der Waals surface area contributed by atoms with Crippen LogP contribution in [0.25, 0.3) is 0 Å². The van der Waals surface area contributed by atoms with Gasteiger partial charge in [-0.05, 0) is 37.1 Å². The van der Waals surface area contributed by atoms with Crippen molar-refractivity contribution in [3.8, 4) is 0 Å². The molecule has 1 aliphatic rings. The summed E-state index contributed by atoms with van der Waals surface area (Å²) in [6, 6.07) is 7.96. The summed E-state index contributed by atoms with van der Waals surface area (Å²) in [4.78, 5) is 23.0. The maximum Gasteiger partial charge on any atom is 0.227 e. The van der Waals surface area contributed by atoms with Crippen molar-refractivity contribution in [1.29, 1.82) is 0 Å². The van der Waals surface area contributed by atoms with Crippen LogP contribution in [0.4, 0.5) is 4.39 Å². The predicted molar refractivity (Wildman–Crippen MR) is 80.8 cm³/mol. The average Bonchev–Trinajstić information content (AvgIpc) is 3.00. The minimum Gasteiger partial charge on any atom is -0.342 e. The zero-order valence-corrected chi connectivity index (χ0v) is 12.5. The Bertz CT molecular complexity index is 672. The van der Waals surface area contributed by atoms with E-state index in [0.29, 0.717) is 13.0 Å². The molecule has 1 fully saturated rings. The molecule has 0 saturated carbocycles. The molecular weight excluding hydrogens is 281 g/mol. The van der Waals surface area contributed by atoms with Crippen LogP contribution in [0.3, 0.4) is 0 Å². The lowest BCUT2D eigenvalue weighted by Crippen LogP contribution is -2.30. The van der Waals surface area contributed by atoms with Crippen LogP contribution in [0.1, 0.15) is 29.4 Å².